The summed E-state index contributed by atoms with van der Waals surface area (Å²) in [6.45, 7) is 3.94. The van der Waals surface area contributed by atoms with Crippen molar-refractivity contribution in [2.24, 2.45) is 0 Å². The molecule has 3 heterocycles. The van der Waals surface area contributed by atoms with E-state index in [0.29, 0.717) is 12.4 Å². The minimum absolute atomic E-state index is 0.123. The number of hydrogen-bond donors (Lipinski definition) is 2. The number of oxazole rings is 1. The molecule has 0 bridgehead atoms. The molecule has 1 fully saturated rings. The fraction of sp³-hybridized carbons (Fsp3) is 0.412. The standard InChI is InChI=1S/C17H20N4O2/c1-12-19-13(11-23-12)10-21-15-5-3-2-4-14(15)20-17(16(21)22)6-8-18-9-7-17/h2-5,11,18,20H,6-10H2,1H3. The summed E-state index contributed by atoms with van der Waals surface area (Å²) in [5.74, 6) is 0.741. The molecule has 1 amide bonds. The molecule has 2 N–H and O–H groups in total. The van der Waals surface area contributed by atoms with Crippen molar-refractivity contribution >= 4 is 17.3 Å². The fourth-order valence-electron chi connectivity index (χ4n) is 3.49. The van der Waals surface area contributed by atoms with Gasteiger partial charge in [0.05, 0.1) is 23.6 Å². The maximum Gasteiger partial charge on any atom is 0.253 e. The molecule has 2 aromatic rings. The molecule has 23 heavy (non-hydrogen) atoms. The third-order valence-electron chi connectivity index (χ3n) is 4.67. The van der Waals surface area contributed by atoms with Crippen LogP contribution in [0.1, 0.15) is 24.4 Å². The first-order valence-corrected chi connectivity index (χ1v) is 7.99. The molecule has 0 unspecified atom stereocenters. The maximum absolute atomic E-state index is 13.3. The number of carbonyl (C=O) groups excluding carboxylic acids is 1. The van der Waals surface area contributed by atoms with Crippen molar-refractivity contribution in [1.29, 1.82) is 0 Å². The van der Waals surface area contributed by atoms with E-state index in [2.05, 4.69) is 15.6 Å². The third kappa shape index (κ3) is 2.39. The Labute approximate surface area is 134 Å². The molecule has 1 spiro atoms. The zero-order chi connectivity index (χ0) is 15.9. The van der Waals surface area contributed by atoms with E-state index in [0.717, 1.165) is 43.0 Å². The number of para-hydroxylation sites is 2. The van der Waals surface area contributed by atoms with Crippen LogP contribution in [0.3, 0.4) is 0 Å². The summed E-state index contributed by atoms with van der Waals surface area (Å²) < 4.78 is 5.29. The minimum atomic E-state index is -0.515. The number of aromatic nitrogens is 1. The Hall–Kier alpha value is -2.34. The molecule has 0 saturated carbocycles. The van der Waals surface area contributed by atoms with Gasteiger partial charge in [-0.3, -0.25) is 4.79 Å². The van der Waals surface area contributed by atoms with Crippen LogP contribution in [0.4, 0.5) is 11.4 Å². The van der Waals surface area contributed by atoms with Crippen LogP contribution in [0.15, 0.2) is 34.9 Å². The Bertz CT molecular complexity index is 734. The van der Waals surface area contributed by atoms with Crippen LogP contribution in [0.25, 0.3) is 0 Å². The van der Waals surface area contributed by atoms with Crippen LogP contribution in [0.5, 0.6) is 0 Å². The molecule has 0 atom stereocenters. The number of aryl methyl sites for hydroxylation is 1. The second-order valence-corrected chi connectivity index (χ2v) is 6.22. The van der Waals surface area contributed by atoms with Crippen molar-refractivity contribution in [1.82, 2.24) is 10.3 Å². The first kappa shape index (κ1) is 14.3. The molecule has 1 aromatic carbocycles. The van der Waals surface area contributed by atoms with Gasteiger partial charge >= 0.3 is 0 Å². The van der Waals surface area contributed by atoms with Crippen molar-refractivity contribution < 1.29 is 9.21 Å². The van der Waals surface area contributed by atoms with Gasteiger partial charge in [-0.15, -0.1) is 0 Å². The topological polar surface area (TPSA) is 70.4 Å². The Morgan fingerprint density at radius 2 is 2.09 bits per heavy atom. The molecule has 2 aliphatic rings. The molecule has 0 aliphatic carbocycles. The number of fused-ring (bicyclic) bond motifs is 1. The van der Waals surface area contributed by atoms with Crippen molar-refractivity contribution in [2.75, 3.05) is 23.3 Å². The number of nitrogens with zero attached hydrogens (tertiary/aromatic N) is 2. The largest absolute Gasteiger partial charge is 0.449 e. The smallest absolute Gasteiger partial charge is 0.253 e. The molecule has 1 aromatic heterocycles. The number of rotatable bonds is 2. The maximum atomic E-state index is 13.3. The van der Waals surface area contributed by atoms with E-state index < -0.39 is 5.54 Å². The lowest BCUT2D eigenvalue weighted by Gasteiger charge is -2.45. The Morgan fingerprint density at radius 3 is 2.83 bits per heavy atom. The summed E-state index contributed by atoms with van der Waals surface area (Å²) in [7, 11) is 0. The molecule has 1 saturated heterocycles. The average molecular weight is 312 g/mol. The second-order valence-electron chi connectivity index (χ2n) is 6.22. The van der Waals surface area contributed by atoms with Gasteiger partial charge in [0, 0.05) is 6.92 Å². The van der Waals surface area contributed by atoms with Crippen molar-refractivity contribution in [3.8, 4) is 0 Å². The van der Waals surface area contributed by atoms with Crippen LogP contribution in [0, 0.1) is 6.92 Å². The van der Waals surface area contributed by atoms with Crippen molar-refractivity contribution in [3.63, 3.8) is 0 Å². The summed E-state index contributed by atoms with van der Waals surface area (Å²) in [5, 5.41) is 6.84. The minimum Gasteiger partial charge on any atom is -0.449 e. The lowest BCUT2D eigenvalue weighted by molar-refractivity contribution is -0.124. The number of carbonyl (C=O) groups is 1. The SMILES string of the molecule is Cc1nc(CN2C(=O)C3(CCNCC3)Nc3ccccc32)co1. The summed E-state index contributed by atoms with van der Waals surface area (Å²) in [4.78, 5) is 19.4. The van der Waals surface area contributed by atoms with Crippen LogP contribution in [-0.2, 0) is 11.3 Å². The van der Waals surface area contributed by atoms with E-state index in [1.165, 1.54) is 0 Å². The summed E-state index contributed by atoms with van der Waals surface area (Å²) in [6.07, 6.45) is 3.20. The van der Waals surface area contributed by atoms with Gasteiger partial charge in [0.1, 0.15) is 11.8 Å². The number of hydrogen-bond acceptors (Lipinski definition) is 5. The van der Waals surface area contributed by atoms with Crippen LogP contribution < -0.4 is 15.5 Å². The molecule has 0 radical (unpaired) electrons. The zero-order valence-electron chi connectivity index (χ0n) is 13.1. The second kappa shape index (κ2) is 5.38. The Morgan fingerprint density at radius 1 is 1.30 bits per heavy atom. The molecular formula is C17H20N4O2. The fourth-order valence-corrected chi connectivity index (χ4v) is 3.49. The van der Waals surface area contributed by atoms with E-state index in [-0.39, 0.29) is 5.91 Å². The number of amides is 1. The highest BCUT2D eigenvalue weighted by Crippen LogP contribution is 2.39. The highest BCUT2D eigenvalue weighted by Gasteiger charge is 2.46. The molecular weight excluding hydrogens is 292 g/mol. The third-order valence-corrected chi connectivity index (χ3v) is 4.67. The molecule has 2 aliphatic heterocycles. The van der Waals surface area contributed by atoms with Crippen LogP contribution in [0.2, 0.25) is 0 Å². The monoisotopic (exact) mass is 312 g/mol. The summed E-state index contributed by atoms with van der Waals surface area (Å²) in [5.41, 5.74) is 2.17. The molecule has 6 nitrogen and oxygen atoms in total. The van der Waals surface area contributed by atoms with E-state index in [1.807, 2.05) is 36.1 Å². The molecule has 120 valence electrons. The predicted molar refractivity (Wildman–Crippen MR) is 87.3 cm³/mol. The number of anilines is 2. The van der Waals surface area contributed by atoms with Gasteiger partial charge < -0.3 is 20.0 Å². The van der Waals surface area contributed by atoms with E-state index >= 15 is 0 Å². The summed E-state index contributed by atoms with van der Waals surface area (Å²) in [6, 6.07) is 7.96. The number of piperidine rings is 1. The lowest BCUT2D eigenvalue weighted by Crippen LogP contribution is -2.61. The van der Waals surface area contributed by atoms with Crippen LogP contribution in [-0.4, -0.2) is 29.5 Å². The van der Waals surface area contributed by atoms with Gasteiger partial charge in [-0.1, -0.05) is 12.1 Å². The van der Waals surface area contributed by atoms with Gasteiger partial charge in [0.25, 0.3) is 5.91 Å². The van der Waals surface area contributed by atoms with Gasteiger partial charge in [-0.2, -0.15) is 0 Å². The molecule has 4 rings (SSSR count). The van der Waals surface area contributed by atoms with Crippen molar-refractivity contribution in [2.45, 2.75) is 31.8 Å². The first-order chi connectivity index (χ1) is 11.2. The van der Waals surface area contributed by atoms with Crippen LogP contribution >= 0.6 is 0 Å². The Balaban J connectivity index is 1.74. The van der Waals surface area contributed by atoms with E-state index in [1.54, 1.807) is 6.26 Å². The van der Waals surface area contributed by atoms with Gasteiger partial charge in [0.2, 0.25) is 0 Å². The average Bonchev–Trinajstić information content (AvgIpc) is 2.98. The van der Waals surface area contributed by atoms with Gasteiger partial charge in [-0.25, -0.2) is 4.98 Å². The highest BCUT2D eigenvalue weighted by molar-refractivity contribution is 6.07. The van der Waals surface area contributed by atoms with Crippen molar-refractivity contribution in [3.05, 3.63) is 42.1 Å². The summed E-state index contributed by atoms with van der Waals surface area (Å²) >= 11 is 0. The van der Waals surface area contributed by atoms with E-state index in [9.17, 15) is 4.79 Å². The first-order valence-electron chi connectivity index (χ1n) is 7.99. The Kier molecular flexibility index (Phi) is 3.34. The highest BCUT2D eigenvalue weighted by atomic mass is 16.3. The zero-order valence-corrected chi connectivity index (χ0v) is 13.1. The van der Waals surface area contributed by atoms with Gasteiger partial charge in [-0.05, 0) is 38.1 Å². The number of benzene rings is 1. The van der Waals surface area contributed by atoms with E-state index in [4.69, 9.17) is 4.42 Å². The lowest BCUT2D eigenvalue weighted by atomic mass is 9.84. The molecule has 6 heteroatoms. The van der Waals surface area contributed by atoms with Gasteiger partial charge in [0.15, 0.2) is 5.89 Å². The predicted octanol–water partition coefficient (Wildman–Crippen LogP) is 2.06. The number of nitrogens with one attached hydrogen (secondary N) is 2. The quantitative estimate of drug-likeness (QED) is 0.888. The normalized spacial score (nSPS) is 19.5.